The summed E-state index contributed by atoms with van der Waals surface area (Å²) in [5.74, 6) is -8.80. The van der Waals surface area contributed by atoms with E-state index in [4.69, 9.17) is 66.3 Å². The van der Waals surface area contributed by atoms with Crippen LogP contribution < -0.4 is 0 Å². The zero-order valence-corrected chi connectivity index (χ0v) is 55.0. The molecule has 3 saturated heterocycles. The maximum Gasteiger partial charge on any atom is 0.338 e. The summed E-state index contributed by atoms with van der Waals surface area (Å²) in [4.78, 5) is 129. The maximum absolute atomic E-state index is 14.7. The van der Waals surface area contributed by atoms with Crippen molar-refractivity contribution in [2.24, 2.45) is 0 Å². The second-order valence-electron chi connectivity index (χ2n) is 23.7. The molecule has 9 aromatic rings. The monoisotopic (exact) mass is 1410 g/mol. The van der Waals surface area contributed by atoms with Gasteiger partial charge in [0.2, 0.25) is 0 Å². The van der Waals surface area contributed by atoms with Crippen molar-refractivity contribution in [2.75, 3.05) is 19.8 Å². The van der Waals surface area contributed by atoms with Crippen molar-refractivity contribution in [3.05, 3.63) is 323 Å². The third kappa shape index (κ3) is 18.0. The number of hydrogen-bond acceptors (Lipinski definition) is 24. The summed E-state index contributed by atoms with van der Waals surface area (Å²) < 4.78 is 88.6. The molecule has 0 amide bonds. The van der Waals surface area contributed by atoms with Gasteiger partial charge in [0.15, 0.2) is 61.6 Å². The Morgan fingerprint density at radius 2 is 0.577 bits per heavy atom. The minimum absolute atomic E-state index is 0.000854. The highest BCUT2D eigenvalue weighted by molar-refractivity contribution is 5.94. The summed E-state index contributed by atoms with van der Waals surface area (Å²) in [6, 6.07) is 69.1. The number of carbonyl (C=O) groups is 9. The number of rotatable bonds is 27. The van der Waals surface area contributed by atoms with Crippen molar-refractivity contribution in [1.82, 2.24) is 0 Å². The molecule has 0 spiro atoms. The van der Waals surface area contributed by atoms with E-state index >= 15 is 0 Å². The van der Waals surface area contributed by atoms with Gasteiger partial charge in [-0.05, 0) is 109 Å². The van der Waals surface area contributed by atoms with Gasteiger partial charge in [-0.1, -0.05) is 164 Å². The highest BCUT2D eigenvalue weighted by atomic mass is 16.8. The zero-order valence-electron chi connectivity index (χ0n) is 55.0. The number of carbonyl (C=O) groups excluding carboxylic acids is 9. The highest BCUT2D eigenvalue weighted by Crippen LogP contribution is 2.38. The third-order valence-electron chi connectivity index (χ3n) is 16.7. The van der Waals surface area contributed by atoms with Gasteiger partial charge in [0.05, 0.1) is 56.7 Å². The van der Waals surface area contributed by atoms with Gasteiger partial charge in [-0.2, -0.15) is 0 Å². The lowest BCUT2D eigenvalue weighted by Crippen LogP contribution is -2.50. The molecule has 9 aromatic carbocycles. The second-order valence-corrected chi connectivity index (χ2v) is 23.7. The van der Waals surface area contributed by atoms with Crippen LogP contribution in [0.5, 0.6) is 0 Å². The topological polar surface area (TPSA) is 303 Å². The van der Waals surface area contributed by atoms with Crippen LogP contribution in [0.25, 0.3) is 0 Å². The Morgan fingerprint density at radius 3 is 0.952 bits per heavy atom. The molecule has 3 aliphatic rings. The number of ether oxygens (including phenoxy) is 14. The van der Waals surface area contributed by atoms with E-state index in [0.717, 1.165) is 0 Å². The minimum Gasteiger partial charge on any atom is -0.459 e. The van der Waals surface area contributed by atoms with Crippen molar-refractivity contribution in [1.29, 1.82) is 0 Å². The molecule has 3 fully saturated rings. The molecule has 104 heavy (non-hydrogen) atoms. The van der Waals surface area contributed by atoms with E-state index in [-0.39, 0.29) is 50.1 Å². The Kier molecular flexibility index (Phi) is 23.9. The highest BCUT2D eigenvalue weighted by Gasteiger charge is 2.59. The van der Waals surface area contributed by atoms with E-state index in [1.54, 1.807) is 164 Å². The Balaban J connectivity index is 0.980. The molecule has 0 aromatic heterocycles. The van der Waals surface area contributed by atoms with E-state index < -0.39 is 160 Å². The normalized spacial score (nSPS) is 22.2. The van der Waals surface area contributed by atoms with Crippen molar-refractivity contribution in [2.45, 2.75) is 86.0 Å². The maximum atomic E-state index is 14.7. The minimum atomic E-state index is -2.18. The van der Waals surface area contributed by atoms with Crippen LogP contribution in [0.1, 0.15) is 93.2 Å². The van der Waals surface area contributed by atoms with E-state index in [0.29, 0.717) is 0 Å². The summed E-state index contributed by atoms with van der Waals surface area (Å²) in [7, 11) is 0. The molecule has 14 atom stereocenters. The molecular weight excluding hydrogens is 1340 g/mol. The Hall–Kier alpha value is -12.0. The first-order valence-electron chi connectivity index (χ1n) is 32.9. The standard InChI is InChI=1S/C80H66O24/c81-69(49-28-10-1-11-29-49)91-46-58(94-71(83)51-32-14-3-15-33-51)62-65(100-74(86)54-38-20-6-21-39-54)68(103-77(89)57-44-26-9-27-45-57)79(104-62)93-48-60(61-64(99-73(85)53-36-18-5-19-37-53)66(78(90)98-61)101-75(87)55-40-22-7-23-41-55)96-80-67(102-76(88)56-42-24-8-25-43-56)63(97-72(84)52-34-16-4-17-35-52)59(95-80)47-92-70(82)50-30-12-2-13-31-50/h1-45,58-68,78-80,90H,46-48H2/t58-,59-,60-,61+,62+,63-,64+,65+,66-,67+,68-,78-,79-,80-/m1/s1. The smallest absolute Gasteiger partial charge is 0.338 e. The van der Waals surface area contributed by atoms with Crippen molar-refractivity contribution in [3.63, 3.8) is 0 Å². The number of aliphatic hydroxyl groups is 1. The molecule has 24 heteroatoms. The fourth-order valence-corrected chi connectivity index (χ4v) is 11.5. The summed E-state index contributed by atoms with van der Waals surface area (Å²) in [5.41, 5.74) is 0.180. The molecule has 3 aliphatic heterocycles. The Bertz CT molecular complexity index is 4370. The SMILES string of the molecule is O=C(OC[C@@H](OC(=O)c1ccccc1)[C@@H]1O[C@@H](OC[C@@H](O[C@H]2O[C@H](COC(=O)c3ccccc3)[C@@H](OC(=O)c3ccccc3)[C@@H]2OC(=O)c2ccccc2)[C@@H]2O[C@@H](O)[C@H](OC(=O)c3ccccc3)[C@H]2OC(=O)c2ccccc2)[C@H](OC(=O)c2ccccc2)[C@H]1OC(=O)c1ccccc1)c1ccccc1. The number of esters is 9. The largest absolute Gasteiger partial charge is 0.459 e. The van der Waals surface area contributed by atoms with Gasteiger partial charge in [-0.15, -0.1) is 0 Å². The fraction of sp³-hybridized carbons (Fsp3) is 0.212. The van der Waals surface area contributed by atoms with Gasteiger partial charge in [-0.3, -0.25) is 0 Å². The molecule has 0 saturated carbocycles. The molecule has 0 radical (unpaired) electrons. The van der Waals surface area contributed by atoms with Crippen LogP contribution in [0.15, 0.2) is 273 Å². The van der Waals surface area contributed by atoms with Crippen molar-refractivity contribution < 1.29 is 115 Å². The quantitative estimate of drug-likeness (QED) is 0.0370. The number of benzene rings is 9. The molecule has 12 rings (SSSR count). The van der Waals surface area contributed by atoms with Crippen molar-refractivity contribution in [3.8, 4) is 0 Å². The van der Waals surface area contributed by atoms with E-state index in [1.165, 1.54) is 109 Å². The van der Waals surface area contributed by atoms with Gasteiger partial charge in [0.1, 0.15) is 37.6 Å². The predicted molar refractivity (Wildman–Crippen MR) is 362 cm³/mol. The zero-order chi connectivity index (χ0) is 72.3. The van der Waals surface area contributed by atoms with Gasteiger partial charge in [0, 0.05) is 0 Å². The average molecular weight is 1410 g/mol. The first kappa shape index (κ1) is 71.8. The van der Waals surface area contributed by atoms with Crippen LogP contribution in [0.3, 0.4) is 0 Å². The molecule has 24 nitrogen and oxygen atoms in total. The predicted octanol–water partition coefficient (Wildman–Crippen LogP) is 9.85. The molecular formula is C80H66O24. The van der Waals surface area contributed by atoms with Crippen molar-refractivity contribution >= 4 is 53.7 Å². The Morgan fingerprint density at radius 1 is 0.288 bits per heavy atom. The lowest BCUT2D eigenvalue weighted by molar-refractivity contribution is -0.256. The Labute approximate surface area is 594 Å². The lowest BCUT2D eigenvalue weighted by atomic mass is 10.0. The number of hydrogen-bond donors (Lipinski definition) is 1. The first-order chi connectivity index (χ1) is 50.7. The van der Waals surface area contributed by atoms with Crippen LogP contribution in [-0.4, -0.2) is 165 Å². The van der Waals surface area contributed by atoms with E-state index in [1.807, 2.05) is 0 Å². The van der Waals surface area contributed by atoms with Gasteiger partial charge in [0.25, 0.3) is 0 Å². The summed E-state index contributed by atoms with van der Waals surface area (Å²) in [6.45, 7) is -2.51. The van der Waals surface area contributed by atoms with Gasteiger partial charge >= 0.3 is 53.7 Å². The fourth-order valence-electron chi connectivity index (χ4n) is 11.5. The molecule has 530 valence electrons. The summed E-state index contributed by atoms with van der Waals surface area (Å²) in [5, 5.41) is 12.2. The molecule has 0 unspecified atom stereocenters. The van der Waals surface area contributed by atoms with Crippen LogP contribution >= 0.6 is 0 Å². The van der Waals surface area contributed by atoms with E-state index in [2.05, 4.69) is 0 Å². The average Bonchev–Trinajstić information content (AvgIpc) is 1.63. The summed E-state index contributed by atoms with van der Waals surface area (Å²) in [6.07, 6.45) is -26.6. The molecule has 0 bridgehead atoms. The van der Waals surface area contributed by atoms with Gasteiger partial charge < -0.3 is 71.4 Å². The van der Waals surface area contributed by atoms with E-state index in [9.17, 15) is 48.3 Å². The second kappa shape index (κ2) is 34.6. The van der Waals surface area contributed by atoms with Crippen LogP contribution in [0.2, 0.25) is 0 Å². The lowest BCUT2D eigenvalue weighted by Gasteiger charge is -2.32. The first-order valence-corrected chi connectivity index (χ1v) is 32.9. The van der Waals surface area contributed by atoms with Crippen LogP contribution in [0, 0.1) is 0 Å². The van der Waals surface area contributed by atoms with Crippen LogP contribution in [-0.2, 0) is 66.3 Å². The molecule has 3 heterocycles. The summed E-state index contributed by atoms with van der Waals surface area (Å²) >= 11 is 0. The van der Waals surface area contributed by atoms with Crippen LogP contribution in [0.4, 0.5) is 0 Å². The molecule has 0 aliphatic carbocycles. The molecule has 1 N–H and O–H groups in total. The number of aliphatic hydroxyl groups excluding tert-OH is 1. The third-order valence-corrected chi connectivity index (χ3v) is 16.7. The van der Waals surface area contributed by atoms with Gasteiger partial charge in [-0.25, -0.2) is 43.2 Å².